The van der Waals surface area contributed by atoms with Crippen molar-refractivity contribution in [3.05, 3.63) is 58.9 Å². The topological polar surface area (TPSA) is 50.3 Å². The Morgan fingerprint density at radius 1 is 1.15 bits per heavy atom. The Labute approximate surface area is 119 Å². The predicted molar refractivity (Wildman–Crippen MR) is 76.6 cm³/mol. The number of rotatable bonds is 2. The van der Waals surface area contributed by atoms with Crippen LogP contribution in [0.2, 0.25) is 0 Å². The lowest BCUT2D eigenvalue weighted by molar-refractivity contribution is 0.429. The summed E-state index contributed by atoms with van der Waals surface area (Å²) in [7, 11) is -3.47. The molecular formula is C15H16N2O2S. The minimum absolute atomic E-state index is 0.353. The van der Waals surface area contributed by atoms with Crippen LogP contribution < -0.4 is 0 Å². The van der Waals surface area contributed by atoms with E-state index in [4.69, 9.17) is 0 Å². The fourth-order valence-electron chi connectivity index (χ4n) is 2.46. The molecule has 0 fully saturated rings. The molecule has 0 bridgehead atoms. The molecule has 0 saturated carbocycles. The van der Waals surface area contributed by atoms with Gasteiger partial charge in [0.2, 0.25) is 10.0 Å². The average molecular weight is 288 g/mol. The van der Waals surface area contributed by atoms with Crippen LogP contribution in [-0.4, -0.2) is 17.7 Å². The summed E-state index contributed by atoms with van der Waals surface area (Å²) < 4.78 is 27.0. The Balaban J connectivity index is 2.01. The molecule has 1 aromatic carbocycles. The minimum atomic E-state index is -3.47. The van der Waals surface area contributed by atoms with Crippen molar-refractivity contribution >= 4 is 10.0 Å². The van der Waals surface area contributed by atoms with Crippen LogP contribution in [-0.2, 0) is 23.1 Å². The van der Waals surface area contributed by atoms with Crippen molar-refractivity contribution in [2.24, 2.45) is 0 Å². The quantitative estimate of drug-likeness (QED) is 0.852. The standard InChI is InChI=1S/C15H16N2O2S/c1-11-5-6-12(2)15(8-11)20(18,19)17-9-13-4-3-7-16-14(13)10-17/h3-8H,9-10H2,1-2H3. The molecule has 3 rings (SSSR count). The van der Waals surface area contributed by atoms with Crippen LogP contribution in [0, 0.1) is 13.8 Å². The molecule has 2 heterocycles. The maximum atomic E-state index is 12.8. The number of aryl methyl sites for hydroxylation is 2. The van der Waals surface area contributed by atoms with E-state index < -0.39 is 10.0 Å². The number of aromatic nitrogens is 1. The summed E-state index contributed by atoms with van der Waals surface area (Å²) in [5.41, 5.74) is 3.56. The molecule has 0 saturated heterocycles. The molecule has 0 radical (unpaired) electrons. The van der Waals surface area contributed by atoms with Gasteiger partial charge in [-0.2, -0.15) is 4.31 Å². The zero-order valence-corrected chi connectivity index (χ0v) is 12.3. The molecule has 0 atom stereocenters. The number of hydrogen-bond acceptors (Lipinski definition) is 3. The summed E-state index contributed by atoms with van der Waals surface area (Å²) in [6.07, 6.45) is 1.70. The van der Waals surface area contributed by atoms with E-state index in [2.05, 4.69) is 4.98 Å². The Morgan fingerprint density at radius 2 is 1.95 bits per heavy atom. The van der Waals surface area contributed by atoms with Crippen molar-refractivity contribution in [1.29, 1.82) is 0 Å². The molecule has 0 unspecified atom stereocenters. The molecule has 1 aromatic heterocycles. The number of pyridine rings is 1. The molecule has 5 heteroatoms. The Bertz CT molecular complexity index is 744. The summed E-state index contributed by atoms with van der Waals surface area (Å²) in [5, 5.41) is 0. The van der Waals surface area contributed by atoms with Crippen LogP contribution in [0.4, 0.5) is 0 Å². The second kappa shape index (κ2) is 4.68. The highest BCUT2D eigenvalue weighted by atomic mass is 32.2. The second-order valence-electron chi connectivity index (χ2n) is 5.15. The minimum Gasteiger partial charge on any atom is -0.260 e. The van der Waals surface area contributed by atoms with Crippen LogP contribution in [0.3, 0.4) is 0 Å². The molecule has 2 aromatic rings. The molecule has 0 spiro atoms. The highest BCUT2D eigenvalue weighted by Gasteiger charge is 2.32. The van der Waals surface area contributed by atoms with E-state index in [1.807, 2.05) is 38.1 Å². The van der Waals surface area contributed by atoms with Gasteiger partial charge >= 0.3 is 0 Å². The fraction of sp³-hybridized carbons (Fsp3) is 0.267. The maximum Gasteiger partial charge on any atom is 0.244 e. The summed E-state index contributed by atoms with van der Waals surface area (Å²) in [4.78, 5) is 4.64. The van der Waals surface area contributed by atoms with Gasteiger partial charge in [0.05, 0.1) is 17.1 Å². The summed E-state index contributed by atoms with van der Waals surface area (Å²) in [6.45, 7) is 4.48. The fourth-order valence-corrected chi connectivity index (χ4v) is 4.15. The van der Waals surface area contributed by atoms with E-state index in [-0.39, 0.29) is 0 Å². The van der Waals surface area contributed by atoms with Crippen LogP contribution in [0.25, 0.3) is 0 Å². The first-order valence-corrected chi connectivity index (χ1v) is 7.92. The van der Waals surface area contributed by atoms with Crippen LogP contribution >= 0.6 is 0 Å². The molecular weight excluding hydrogens is 272 g/mol. The molecule has 20 heavy (non-hydrogen) atoms. The molecule has 4 nitrogen and oxygen atoms in total. The number of hydrogen-bond donors (Lipinski definition) is 0. The molecule has 0 amide bonds. The SMILES string of the molecule is Cc1ccc(C)c(S(=O)(=O)N2Cc3cccnc3C2)c1. The molecule has 0 N–H and O–H groups in total. The van der Waals surface area contributed by atoms with Gasteiger partial charge < -0.3 is 0 Å². The molecule has 1 aliphatic heterocycles. The summed E-state index contributed by atoms with van der Waals surface area (Å²) in [5.74, 6) is 0. The first-order valence-electron chi connectivity index (χ1n) is 6.48. The zero-order chi connectivity index (χ0) is 14.3. The Kier molecular flexibility index (Phi) is 3.11. The van der Waals surface area contributed by atoms with Crippen LogP contribution in [0.5, 0.6) is 0 Å². The predicted octanol–water partition coefficient (Wildman–Crippen LogP) is 2.40. The van der Waals surface area contributed by atoms with Gasteiger partial charge in [-0.25, -0.2) is 8.42 Å². The van der Waals surface area contributed by atoms with Gasteiger partial charge in [0.25, 0.3) is 0 Å². The first kappa shape index (κ1) is 13.3. The lowest BCUT2D eigenvalue weighted by Crippen LogP contribution is -2.26. The summed E-state index contributed by atoms with van der Waals surface area (Å²) in [6, 6.07) is 9.28. The highest BCUT2D eigenvalue weighted by Crippen LogP contribution is 2.29. The van der Waals surface area contributed by atoms with E-state index >= 15 is 0 Å². The van der Waals surface area contributed by atoms with Crippen molar-refractivity contribution in [3.8, 4) is 0 Å². The van der Waals surface area contributed by atoms with Crippen molar-refractivity contribution < 1.29 is 8.42 Å². The monoisotopic (exact) mass is 288 g/mol. The Hall–Kier alpha value is -1.72. The zero-order valence-electron chi connectivity index (χ0n) is 11.5. The number of benzene rings is 1. The van der Waals surface area contributed by atoms with Gasteiger partial charge in [-0.05, 0) is 42.7 Å². The highest BCUT2D eigenvalue weighted by molar-refractivity contribution is 7.89. The van der Waals surface area contributed by atoms with Crippen molar-refractivity contribution in [3.63, 3.8) is 0 Å². The van der Waals surface area contributed by atoms with E-state index in [1.165, 1.54) is 4.31 Å². The lowest BCUT2D eigenvalue weighted by atomic mass is 10.2. The van der Waals surface area contributed by atoms with E-state index in [0.29, 0.717) is 18.0 Å². The maximum absolute atomic E-state index is 12.8. The third-order valence-corrected chi connectivity index (χ3v) is 5.55. The van der Waals surface area contributed by atoms with Gasteiger partial charge in [0.1, 0.15) is 0 Å². The number of nitrogens with zero attached hydrogens (tertiary/aromatic N) is 2. The van der Waals surface area contributed by atoms with E-state index in [9.17, 15) is 8.42 Å². The van der Waals surface area contributed by atoms with Crippen molar-refractivity contribution in [2.45, 2.75) is 31.8 Å². The van der Waals surface area contributed by atoms with Crippen LogP contribution in [0.1, 0.15) is 22.4 Å². The lowest BCUT2D eigenvalue weighted by Gasteiger charge is -2.17. The number of sulfonamides is 1. The van der Waals surface area contributed by atoms with Crippen LogP contribution in [0.15, 0.2) is 41.4 Å². The van der Waals surface area contributed by atoms with Gasteiger partial charge in [0.15, 0.2) is 0 Å². The van der Waals surface area contributed by atoms with E-state index in [0.717, 1.165) is 22.4 Å². The normalized spacial score (nSPS) is 15.3. The molecule has 104 valence electrons. The van der Waals surface area contributed by atoms with E-state index in [1.54, 1.807) is 12.3 Å². The third kappa shape index (κ3) is 2.13. The first-order chi connectivity index (χ1) is 9.48. The van der Waals surface area contributed by atoms with Gasteiger partial charge in [-0.15, -0.1) is 0 Å². The average Bonchev–Trinajstić information content (AvgIpc) is 2.86. The van der Waals surface area contributed by atoms with Gasteiger partial charge in [-0.3, -0.25) is 4.98 Å². The number of fused-ring (bicyclic) bond motifs is 1. The Morgan fingerprint density at radius 3 is 2.70 bits per heavy atom. The van der Waals surface area contributed by atoms with Crippen molar-refractivity contribution in [2.75, 3.05) is 0 Å². The molecule has 0 aliphatic carbocycles. The molecule has 1 aliphatic rings. The second-order valence-corrected chi connectivity index (χ2v) is 7.06. The van der Waals surface area contributed by atoms with Gasteiger partial charge in [0, 0.05) is 12.7 Å². The largest absolute Gasteiger partial charge is 0.260 e. The van der Waals surface area contributed by atoms with Gasteiger partial charge in [-0.1, -0.05) is 18.2 Å². The smallest absolute Gasteiger partial charge is 0.244 e. The van der Waals surface area contributed by atoms with Crippen molar-refractivity contribution in [1.82, 2.24) is 9.29 Å². The summed E-state index contributed by atoms with van der Waals surface area (Å²) >= 11 is 0. The third-order valence-electron chi connectivity index (χ3n) is 3.62.